The average Bonchev–Trinajstić information content (AvgIpc) is 3.35. The van der Waals surface area contributed by atoms with Crippen LogP contribution in [-0.4, -0.2) is 30.4 Å². The summed E-state index contributed by atoms with van der Waals surface area (Å²) < 4.78 is 30.0. The molecule has 0 aliphatic carbocycles. The summed E-state index contributed by atoms with van der Waals surface area (Å²) in [4.78, 5) is 13.5. The van der Waals surface area contributed by atoms with Gasteiger partial charge in [-0.05, 0) is 58.3 Å². The molecule has 2 aliphatic rings. The Morgan fingerprint density at radius 2 is 1.72 bits per heavy atom. The van der Waals surface area contributed by atoms with E-state index in [0.717, 1.165) is 28.5 Å². The van der Waals surface area contributed by atoms with Gasteiger partial charge in [0.1, 0.15) is 4.21 Å². The van der Waals surface area contributed by atoms with Crippen LogP contribution in [0, 0.1) is 5.92 Å². The van der Waals surface area contributed by atoms with Crippen molar-refractivity contribution in [2.75, 3.05) is 13.1 Å². The standard InChI is InChI=1S/C25H22N2O3S2/c28-25-22(20-8-7-18-4-1-2-5-19(18)13-20)9-10-23-21-12-17(15-27(23)25)14-26(16-21)32(29,30)24-6-3-11-31-24/h1-11,13,17,21H,12,14-16H2/t17-,21+/m0/s1. The van der Waals surface area contributed by atoms with Gasteiger partial charge in [0.25, 0.3) is 15.6 Å². The number of benzene rings is 2. The quantitative estimate of drug-likeness (QED) is 0.449. The second-order valence-electron chi connectivity index (χ2n) is 8.70. The van der Waals surface area contributed by atoms with Gasteiger partial charge in [-0.3, -0.25) is 4.79 Å². The molecule has 2 bridgehead atoms. The molecule has 2 atom stereocenters. The van der Waals surface area contributed by atoms with Crippen LogP contribution < -0.4 is 5.56 Å². The minimum atomic E-state index is -3.48. The Morgan fingerprint density at radius 1 is 0.875 bits per heavy atom. The van der Waals surface area contributed by atoms with Gasteiger partial charge >= 0.3 is 0 Å². The highest BCUT2D eigenvalue weighted by Gasteiger charge is 2.40. The summed E-state index contributed by atoms with van der Waals surface area (Å²) in [6.45, 7) is 1.44. The van der Waals surface area contributed by atoms with Gasteiger partial charge in [0.2, 0.25) is 0 Å². The molecule has 4 aromatic rings. The molecule has 5 nitrogen and oxygen atoms in total. The third-order valence-electron chi connectivity index (χ3n) is 6.72. The van der Waals surface area contributed by atoms with E-state index in [0.29, 0.717) is 29.4 Å². The Hall–Kier alpha value is -2.74. The predicted molar refractivity (Wildman–Crippen MR) is 128 cm³/mol. The molecule has 0 saturated carbocycles. The number of pyridine rings is 1. The maximum Gasteiger partial charge on any atom is 0.258 e. The largest absolute Gasteiger partial charge is 0.311 e. The molecule has 0 amide bonds. The third-order valence-corrected chi connectivity index (χ3v) is 9.93. The van der Waals surface area contributed by atoms with Crippen LogP contribution in [0.1, 0.15) is 18.0 Å². The van der Waals surface area contributed by atoms with Crippen LogP contribution in [0.2, 0.25) is 0 Å². The molecule has 1 saturated heterocycles. The molecule has 2 aliphatic heterocycles. The smallest absolute Gasteiger partial charge is 0.258 e. The van der Waals surface area contributed by atoms with Crippen molar-refractivity contribution in [3.05, 3.63) is 88.2 Å². The van der Waals surface area contributed by atoms with Crippen molar-refractivity contribution in [1.29, 1.82) is 0 Å². The Morgan fingerprint density at radius 3 is 2.53 bits per heavy atom. The zero-order valence-electron chi connectivity index (χ0n) is 17.3. The van der Waals surface area contributed by atoms with Crippen LogP contribution in [0.15, 0.2) is 81.1 Å². The van der Waals surface area contributed by atoms with Gasteiger partial charge in [0, 0.05) is 36.8 Å². The normalized spacial score (nSPS) is 20.9. The minimum absolute atomic E-state index is 0.0158. The minimum Gasteiger partial charge on any atom is -0.311 e. The maximum absolute atomic E-state index is 13.5. The number of aromatic nitrogens is 1. The molecular formula is C25H22N2O3S2. The van der Waals surface area contributed by atoms with Gasteiger partial charge in [-0.1, -0.05) is 42.5 Å². The van der Waals surface area contributed by atoms with Gasteiger partial charge in [0.05, 0.1) is 0 Å². The van der Waals surface area contributed by atoms with E-state index in [4.69, 9.17) is 0 Å². The zero-order valence-corrected chi connectivity index (χ0v) is 19.0. The Labute approximate surface area is 190 Å². The number of thiophene rings is 1. The summed E-state index contributed by atoms with van der Waals surface area (Å²) in [6, 6.07) is 21.6. The van der Waals surface area contributed by atoms with Gasteiger partial charge < -0.3 is 4.57 Å². The first-order valence-corrected chi connectivity index (χ1v) is 13.1. The highest BCUT2D eigenvalue weighted by molar-refractivity contribution is 7.91. The maximum atomic E-state index is 13.5. The molecule has 0 unspecified atom stereocenters. The zero-order chi connectivity index (χ0) is 21.9. The molecule has 2 aromatic heterocycles. The van der Waals surface area contributed by atoms with Crippen molar-refractivity contribution >= 4 is 32.1 Å². The van der Waals surface area contributed by atoms with Crippen LogP contribution in [0.25, 0.3) is 21.9 Å². The molecule has 162 valence electrons. The van der Waals surface area contributed by atoms with Crippen LogP contribution in [0.3, 0.4) is 0 Å². The lowest BCUT2D eigenvalue weighted by atomic mass is 9.84. The average molecular weight is 463 g/mol. The number of rotatable bonds is 3. The van der Waals surface area contributed by atoms with E-state index in [1.54, 1.807) is 21.8 Å². The first-order valence-electron chi connectivity index (χ1n) is 10.8. The van der Waals surface area contributed by atoms with Gasteiger partial charge in [-0.15, -0.1) is 11.3 Å². The number of hydrogen-bond acceptors (Lipinski definition) is 4. The van der Waals surface area contributed by atoms with Gasteiger partial charge in [0.15, 0.2) is 0 Å². The molecule has 1 fully saturated rings. The van der Waals surface area contributed by atoms with E-state index >= 15 is 0 Å². The van der Waals surface area contributed by atoms with Crippen molar-refractivity contribution < 1.29 is 8.42 Å². The second-order valence-corrected chi connectivity index (χ2v) is 11.8. The van der Waals surface area contributed by atoms with E-state index in [9.17, 15) is 13.2 Å². The summed E-state index contributed by atoms with van der Waals surface area (Å²) >= 11 is 1.26. The Kier molecular flexibility index (Phi) is 4.61. The molecule has 0 radical (unpaired) electrons. The molecule has 0 spiro atoms. The first kappa shape index (κ1) is 19.9. The first-order chi connectivity index (χ1) is 15.5. The Bertz CT molecular complexity index is 1490. The highest BCUT2D eigenvalue weighted by atomic mass is 32.2. The molecule has 0 N–H and O–H groups in total. The van der Waals surface area contributed by atoms with E-state index in [1.165, 1.54) is 11.3 Å². The molecule has 7 heteroatoms. The summed E-state index contributed by atoms with van der Waals surface area (Å²) in [6.07, 6.45) is 0.922. The number of piperidine rings is 1. The second kappa shape index (κ2) is 7.40. The van der Waals surface area contributed by atoms with Gasteiger partial charge in [-0.2, -0.15) is 4.31 Å². The molecular weight excluding hydrogens is 440 g/mol. The number of fused-ring (bicyclic) bond motifs is 5. The van der Waals surface area contributed by atoms with Crippen molar-refractivity contribution in [3.8, 4) is 11.1 Å². The van der Waals surface area contributed by atoms with E-state index in [-0.39, 0.29) is 17.4 Å². The molecule has 2 aromatic carbocycles. The van der Waals surface area contributed by atoms with Crippen molar-refractivity contribution in [1.82, 2.24) is 8.87 Å². The lowest BCUT2D eigenvalue weighted by Gasteiger charge is -2.42. The number of nitrogens with zero attached hydrogens (tertiary/aromatic N) is 2. The third kappa shape index (κ3) is 3.15. The fourth-order valence-electron chi connectivity index (χ4n) is 5.21. The SMILES string of the molecule is O=c1c(-c2ccc3ccccc3c2)ccc2n1C[C@H]1C[C@@H]2CN(S(=O)(=O)c2cccs2)C1. The van der Waals surface area contributed by atoms with E-state index in [1.807, 2.05) is 34.9 Å². The number of hydrogen-bond donors (Lipinski definition) is 0. The number of sulfonamides is 1. The van der Waals surface area contributed by atoms with Crippen molar-refractivity contribution in [3.63, 3.8) is 0 Å². The topological polar surface area (TPSA) is 59.4 Å². The monoisotopic (exact) mass is 462 g/mol. The summed E-state index contributed by atoms with van der Waals surface area (Å²) in [5.41, 5.74) is 2.58. The summed E-state index contributed by atoms with van der Waals surface area (Å²) in [7, 11) is -3.48. The predicted octanol–water partition coefficient (Wildman–Crippen LogP) is 4.54. The van der Waals surface area contributed by atoms with Crippen LogP contribution >= 0.6 is 11.3 Å². The molecule has 6 rings (SSSR count). The van der Waals surface area contributed by atoms with Crippen LogP contribution in [0.4, 0.5) is 0 Å². The highest BCUT2D eigenvalue weighted by Crippen LogP contribution is 2.38. The molecule has 32 heavy (non-hydrogen) atoms. The van der Waals surface area contributed by atoms with E-state index in [2.05, 4.69) is 24.3 Å². The van der Waals surface area contributed by atoms with Crippen molar-refractivity contribution in [2.24, 2.45) is 5.92 Å². The lowest BCUT2D eigenvalue weighted by molar-refractivity contribution is 0.186. The fourth-order valence-corrected chi connectivity index (χ4v) is 7.92. The fraction of sp³-hybridized carbons (Fsp3) is 0.240. The van der Waals surface area contributed by atoms with E-state index < -0.39 is 10.0 Å². The van der Waals surface area contributed by atoms with Gasteiger partial charge in [-0.25, -0.2) is 8.42 Å². The Balaban J connectivity index is 1.37. The van der Waals surface area contributed by atoms with Crippen LogP contribution in [0.5, 0.6) is 0 Å². The molecule has 4 heterocycles. The summed E-state index contributed by atoms with van der Waals surface area (Å²) in [5.74, 6) is 0.177. The van der Waals surface area contributed by atoms with Crippen molar-refractivity contribution in [2.45, 2.75) is 23.1 Å². The summed E-state index contributed by atoms with van der Waals surface area (Å²) in [5, 5.41) is 4.05. The lowest BCUT2D eigenvalue weighted by Crippen LogP contribution is -2.49. The van der Waals surface area contributed by atoms with Crippen LogP contribution in [-0.2, 0) is 16.6 Å².